The first kappa shape index (κ1) is 14.6. The molecule has 0 radical (unpaired) electrons. The summed E-state index contributed by atoms with van der Waals surface area (Å²) in [5, 5.41) is 0.837. The third-order valence-electron chi connectivity index (χ3n) is 4.30. The van der Waals surface area contributed by atoms with Crippen LogP contribution in [0.4, 0.5) is 0 Å². The lowest BCUT2D eigenvalue weighted by molar-refractivity contribution is -0.116. The highest BCUT2D eigenvalue weighted by Crippen LogP contribution is 2.44. The lowest BCUT2D eigenvalue weighted by Crippen LogP contribution is -2.20. The van der Waals surface area contributed by atoms with E-state index in [2.05, 4.69) is 26.0 Å². The first-order valence-corrected chi connectivity index (χ1v) is 7.53. The molecule has 0 aliphatic heterocycles. The summed E-state index contributed by atoms with van der Waals surface area (Å²) in [4.78, 5) is 11.1. The van der Waals surface area contributed by atoms with Gasteiger partial charge in [-0.05, 0) is 61.1 Å². The van der Waals surface area contributed by atoms with Gasteiger partial charge in [-0.25, -0.2) is 0 Å². The van der Waals surface area contributed by atoms with E-state index in [-0.39, 0.29) is 5.78 Å². The molecule has 0 heterocycles. The normalized spacial score (nSPS) is 19.4. The molecular formula is C17H23ClO. The van der Waals surface area contributed by atoms with Crippen LogP contribution in [0.3, 0.4) is 0 Å². The van der Waals surface area contributed by atoms with Gasteiger partial charge in [-0.1, -0.05) is 37.6 Å². The Kier molecular flexibility index (Phi) is 4.35. The van der Waals surface area contributed by atoms with Gasteiger partial charge in [0.05, 0.1) is 0 Å². The predicted molar refractivity (Wildman–Crippen MR) is 80.8 cm³/mol. The van der Waals surface area contributed by atoms with E-state index in [1.54, 1.807) is 6.92 Å². The molecule has 1 aliphatic rings. The summed E-state index contributed by atoms with van der Waals surface area (Å²) < 4.78 is 0. The van der Waals surface area contributed by atoms with Crippen LogP contribution < -0.4 is 0 Å². The number of halogens is 1. The van der Waals surface area contributed by atoms with E-state index >= 15 is 0 Å². The monoisotopic (exact) mass is 278 g/mol. The van der Waals surface area contributed by atoms with Gasteiger partial charge in [-0.2, -0.15) is 0 Å². The van der Waals surface area contributed by atoms with Gasteiger partial charge in [0, 0.05) is 11.4 Å². The SMILES string of the molecule is CC(=O)Cc1ccc(C2CCC(C)(C)CC2)c(Cl)c1. The number of rotatable bonds is 3. The highest BCUT2D eigenvalue weighted by Gasteiger charge is 2.28. The van der Waals surface area contributed by atoms with E-state index in [4.69, 9.17) is 11.6 Å². The second-order valence-electron chi connectivity index (χ2n) is 6.67. The first-order valence-electron chi connectivity index (χ1n) is 7.15. The maximum atomic E-state index is 11.1. The quantitative estimate of drug-likeness (QED) is 0.747. The maximum absolute atomic E-state index is 11.1. The van der Waals surface area contributed by atoms with Crippen molar-refractivity contribution in [1.29, 1.82) is 0 Å². The Morgan fingerprint density at radius 1 is 1.32 bits per heavy atom. The highest BCUT2D eigenvalue weighted by atomic mass is 35.5. The van der Waals surface area contributed by atoms with Crippen molar-refractivity contribution in [3.05, 3.63) is 34.3 Å². The summed E-state index contributed by atoms with van der Waals surface area (Å²) in [5.74, 6) is 0.773. The molecule has 1 aromatic carbocycles. The molecule has 0 bridgehead atoms. The number of hydrogen-bond donors (Lipinski definition) is 0. The van der Waals surface area contributed by atoms with Gasteiger partial charge in [0.15, 0.2) is 0 Å². The summed E-state index contributed by atoms with van der Waals surface area (Å²) in [6.45, 7) is 6.31. The van der Waals surface area contributed by atoms with E-state index < -0.39 is 0 Å². The molecule has 1 aliphatic carbocycles. The summed E-state index contributed by atoms with van der Waals surface area (Å²) >= 11 is 6.41. The van der Waals surface area contributed by atoms with E-state index in [1.165, 1.54) is 31.2 Å². The predicted octanol–water partition coefficient (Wildman–Crippen LogP) is 5.16. The third-order valence-corrected chi connectivity index (χ3v) is 4.62. The zero-order chi connectivity index (χ0) is 14.0. The average molecular weight is 279 g/mol. The van der Waals surface area contributed by atoms with Crippen LogP contribution >= 0.6 is 11.6 Å². The van der Waals surface area contributed by atoms with Crippen molar-refractivity contribution in [3.8, 4) is 0 Å². The molecule has 0 amide bonds. The van der Waals surface area contributed by atoms with Crippen molar-refractivity contribution >= 4 is 17.4 Å². The van der Waals surface area contributed by atoms with Crippen LogP contribution in [0.2, 0.25) is 5.02 Å². The van der Waals surface area contributed by atoms with Gasteiger partial charge in [0.25, 0.3) is 0 Å². The average Bonchev–Trinajstić information content (AvgIpc) is 2.29. The van der Waals surface area contributed by atoms with E-state index in [0.29, 0.717) is 17.8 Å². The van der Waals surface area contributed by atoms with Crippen LogP contribution in [-0.4, -0.2) is 5.78 Å². The third kappa shape index (κ3) is 3.82. The number of carbonyl (C=O) groups is 1. The van der Waals surface area contributed by atoms with E-state index in [1.807, 2.05) is 6.07 Å². The molecule has 2 rings (SSSR count). The molecule has 0 saturated heterocycles. The fraction of sp³-hybridized carbons (Fsp3) is 0.588. The minimum Gasteiger partial charge on any atom is -0.300 e. The molecule has 19 heavy (non-hydrogen) atoms. The van der Waals surface area contributed by atoms with Crippen molar-refractivity contribution in [1.82, 2.24) is 0 Å². The van der Waals surface area contributed by atoms with Crippen LogP contribution in [0, 0.1) is 5.41 Å². The molecule has 1 aromatic rings. The van der Waals surface area contributed by atoms with Gasteiger partial charge in [0.2, 0.25) is 0 Å². The van der Waals surface area contributed by atoms with Gasteiger partial charge < -0.3 is 0 Å². The number of hydrogen-bond acceptors (Lipinski definition) is 1. The topological polar surface area (TPSA) is 17.1 Å². The molecule has 0 aromatic heterocycles. The van der Waals surface area contributed by atoms with Gasteiger partial charge in [0.1, 0.15) is 5.78 Å². The largest absolute Gasteiger partial charge is 0.300 e. The highest BCUT2D eigenvalue weighted by molar-refractivity contribution is 6.31. The van der Waals surface area contributed by atoms with Crippen molar-refractivity contribution < 1.29 is 4.79 Å². The van der Waals surface area contributed by atoms with Crippen molar-refractivity contribution in [2.75, 3.05) is 0 Å². The van der Waals surface area contributed by atoms with Crippen molar-refractivity contribution in [2.45, 2.75) is 58.8 Å². The minimum atomic E-state index is 0.184. The molecule has 0 N–H and O–H groups in total. The van der Waals surface area contributed by atoms with Gasteiger partial charge in [-0.15, -0.1) is 0 Å². The Morgan fingerprint density at radius 2 is 1.95 bits per heavy atom. The van der Waals surface area contributed by atoms with Crippen molar-refractivity contribution in [3.63, 3.8) is 0 Å². The fourth-order valence-electron chi connectivity index (χ4n) is 3.01. The lowest BCUT2D eigenvalue weighted by atomic mass is 9.71. The van der Waals surface area contributed by atoms with Crippen LogP contribution in [0.5, 0.6) is 0 Å². The van der Waals surface area contributed by atoms with Crippen LogP contribution in [0.15, 0.2) is 18.2 Å². The Balaban J connectivity index is 2.11. The van der Waals surface area contributed by atoms with Crippen LogP contribution in [0.1, 0.15) is 63.5 Å². The summed E-state index contributed by atoms with van der Waals surface area (Å²) in [6, 6.07) is 6.16. The summed E-state index contributed by atoms with van der Waals surface area (Å²) in [6.07, 6.45) is 5.46. The van der Waals surface area contributed by atoms with E-state index in [9.17, 15) is 4.79 Å². The Bertz CT molecular complexity index is 466. The number of Topliss-reactive ketones (excluding diaryl/α,β-unsaturated/α-hetero) is 1. The number of benzene rings is 1. The lowest BCUT2D eigenvalue weighted by Gasteiger charge is -2.34. The minimum absolute atomic E-state index is 0.184. The number of carbonyl (C=O) groups excluding carboxylic acids is 1. The molecule has 1 fully saturated rings. The molecular weight excluding hydrogens is 256 g/mol. The summed E-state index contributed by atoms with van der Waals surface area (Å²) in [5.41, 5.74) is 2.78. The van der Waals surface area contributed by atoms with E-state index in [0.717, 1.165) is 10.6 Å². The van der Waals surface area contributed by atoms with Crippen LogP contribution in [0.25, 0.3) is 0 Å². The molecule has 104 valence electrons. The maximum Gasteiger partial charge on any atom is 0.134 e. The second kappa shape index (κ2) is 5.66. The molecule has 0 unspecified atom stereocenters. The molecule has 1 saturated carbocycles. The standard InChI is InChI=1S/C17H23ClO/c1-12(19)10-13-4-5-15(16(18)11-13)14-6-8-17(2,3)9-7-14/h4-5,11,14H,6-10H2,1-3H3. The Labute approximate surface area is 121 Å². The number of ketones is 1. The Morgan fingerprint density at radius 3 is 2.47 bits per heavy atom. The van der Waals surface area contributed by atoms with Gasteiger partial charge >= 0.3 is 0 Å². The molecule has 1 nitrogen and oxygen atoms in total. The zero-order valence-electron chi connectivity index (χ0n) is 12.1. The van der Waals surface area contributed by atoms with Gasteiger partial charge in [-0.3, -0.25) is 4.79 Å². The summed E-state index contributed by atoms with van der Waals surface area (Å²) in [7, 11) is 0. The molecule has 2 heteroatoms. The van der Waals surface area contributed by atoms with Crippen molar-refractivity contribution in [2.24, 2.45) is 5.41 Å². The second-order valence-corrected chi connectivity index (χ2v) is 7.08. The molecule has 0 atom stereocenters. The van der Waals surface area contributed by atoms with Crippen LogP contribution in [-0.2, 0) is 11.2 Å². The smallest absolute Gasteiger partial charge is 0.134 e. The fourth-order valence-corrected chi connectivity index (χ4v) is 3.37. The zero-order valence-corrected chi connectivity index (χ0v) is 12.9. The Hall–Kier alpha value is -0.820. The molecule has 0 spiro atoms. The first-order chi connectivity index (χ1) is 8.87.